The molecular weight excluding hydrogens is 474 g/mol. The number of carbonyl (C=O) groups excluding carboxylic acids is 2. The van der Waals surface area contributed by atoms with Gasteiger partial charge in [-0.1, -0.05) is 22.9 Å². The summed E-state index contributed by atoms with van der Waals surface area (Å²) in [7, 11) is -3.37. The largest absolute Gasteiger partial charge is 0.327 e. The van der Waals surface area contributed by atoms with Gasteiger partial charge in [-0.05, 0) is 49.4 Å². The zero-order valence-electron chi connectivity index (χ0n) is 16.8. The lowest BCUT2D eigenvalue weighted by Crippen LogP contribution is -2.34. The van der Waals surface area contributed by atoms with Crippen molar-refractivity contribution in [2.24, 2.45) is 0 Å². The van der Waals surface area contributed by atoms with E-state index in [1.165, 1.54) is 18.2 Å². The molecule has 0 saturated heterocycles. The predicted molar refractivity (Wildman–Crippen MR) is 123 cm³/mol. The number of imide groups is 1. The van der Waals surface area contributed by atoms with Crippen molar-refractivity contribution in [2.45, 2.75) is 11.8 Å². The Morgan fingerprint density at radius 2 is 1.91 bits per heavy atom. The van der Waals surface area contributed by atoms with Crippen LogP contribution in [0.4, 0.5) is 9.93 Å². The fourth-order valence-corrected chi connectivity index (χ4v) is 4.70. The standard InChI is InChI=1S/C20H16ClN5O4S2/c1-11-7-8-26(25-11)12-3-5-15(21)14(9-12)18(27)23-19(28)24-20-22-16-6-4-13(32(2,29)30)10-17(16)31-20/h3-10H,1-2H3,(H2,22,23,24,27,28). The summed E-state index contributed by atoms with van der Waals surface area (Å²) in [6.45, 7) is 1.84. The third kappa shape index (κ3) is 4.64. The van der Waals surface area contributed by atoms with Crippen LogP contribution < -0.4 is 10.6 Å². The highest BCUT2D eigenvalue weighted by molar-refractivity contribution is 7.90. The first-order valence-electron chi connectivity index (χ1n) is 9.15. The molecule has 3 amide bonds. The number of amides is 3. The average Bonchev–Trinajstić information content (AvgIpc) is 3.32. The highest BCUT2D eigenvalue weighted by Gasteiger charge is 2.17. The lowest BCUT2D eigenvalue weighted by molar-refractivity contribution is 0.0967. The van der Waals surface area contributed by atoms with Gasteiger partial charge in [-0.15, -0.1) is 0 Å². The van der Waals surface area contributed by atoms with Crippen LogP contribution in [-0.2, 0) is 9.84 Å². The number of nitrogens with one attached hydrogen (secondary N) is 2. The fraction of sp³-hybridized carbons (Fsp3) is 0.100. The topological polar surface area (TPSA) is 123 Å². The summed E-state index contributed by atoms with van der Waals surface area (Å²) in [5.74, 6) is -0.696. The van der Waals surface area contributed by atoms with Crippen LogP contribution in [0, 0.1) is 6.92 Å². The van der Waals surface area contributed by atoms with Gasteiger partial charge in [0, 0.05) is 12.5 Å². The second kappa shape index (κ2) is 8.34. The van der Waals surface area contributed by atoms with Crippen molar-refractivity contribution in [3.05, 3.63) is 64.9 Å². The molecule has 0 atom stereocenters. The number of thiazole rings is 1. The van der Waals surface area contributed by atoms with Crippen molar-refractivity contribution >= 4 is 60.1 Å². The molecule has 0 aliphatic carbocycles. The van der Waals surface area contributed by atoms with E-state index >= 15 is 0 Å². The number of aryl methyl sites for hydroxylation is 1. The molecule has 0 aliphatic rings. The summed E-state index contributed by atoms with van der Waals surface area (Å²) in [5, 5.41) is 9.38. The monoisotopic (exact) mass is 489 g/mol. The quantitative estimate of drug-likeness (QED) is 0.449. The Morgan fingerprint density at radius 1 is 1.12 bits per heavy atom. The van der Waals surface area contributed by atoms with E-state index < -0.39 is 21.8 Å². The number of urea groups is 1. The molecule has 0 unspecified atom stereocenters. The Morgan fingerprint density at radius 3 is 2.59 bits per heavy atom. The maximum Gasteiger partial charge on any atom is 0.327 e. The molecule has 0 radical (unpaired) electrons. The van der Waals surface area contributed by atoms with Crippen LogP contribution >= 0.6 is 22.9 Å². The zero-order valence-corrected chi connectivity index (χ0v) is 19.2. The van der Waals surface area contributed by atoms with E-state index in [0.717, 1.165) is 23.3 Å². The van der Waals surface area contributed by atoms with Crippen molar-refractivity contribution in [3.63, 3.8) is 0 Å². The summed E-state index contributed by atoms with van der Waals surface area (Å²) in [6.07, 6.45) is 2.86. The number of halogens is 1. The average molecular weight is 490 g/mol. The number of benzene rings is 2. The zero-order chi connectivity index (χ0) is 23.0. The second-order valence-corrected chi connectivity index (χ2v) is 10.3. The number of sulfone groups is 1. The number of carbonyl (C=O) groups is 2. The number of fused-ring (bicyclic) bond motifs is 1. The Hall–Kier alpha value is -3.28. The van der Waals surface area contributed by atoms with Crippen molar-refractivity contribution in [2.75, 3.05) is 11.6 Å². The molecule has 4 rings (SSSR count). The minimum atomic E-state index is -3.37. The van der Waals surface area contributed by atoms with Gasteiger partial charge in [0.15, 0.2) is 15.0 Å². The molecule has 12 heteroatoms. The van der Waals surface area contributed by atoms with Gasteiger partial charge >= 0.3 is 6.03 Å². The van der Waals surface area contributed by atoms with Crippen molar-refractivity contribution in [3.8, 4) is 5.69 Å². The van der Waals surface area contributed by atoms with E-state index in [0.29, 0.717) is 15.9 Å². The summed E-state index contributed by atoms with van der Waals surface area (Å²) < 4.78 is 25.6. The second-order valence-electron chi connectivity index (χ2n) is 6.89. The summed E-state index contributed by atoms with van der Waals surface area (Å²) >= 11 is 7.24. The molecule has 0 saturated carbocycles. The van der Waals surface area contributed by atoms with Crippen LogP contribution in [0.3, 0.4) is 0 Å². The van der Waals surface area contributed by atoms with Gasteiger partial charge in [-0.3, -0.25) is 15.4 Å². The van der Waals surface area contributed by atoms with Crippen LogP contribution in [0.25, 0.3) is 15.9 Å². The van der Waals surface area contributed by atoms with Crippen molar-refractivity contribution in [1.82, 2.24) is 20.1 Å². The van der Waals surface area contributed by atoms with E-state index in [4.69, 9.17) is 11.6 Å². The molecule has 2 heterocycles. The molecule has 0 fully saturated rings. The lowest BCUT2D eigenvalue weighted by atomic mass is 10.2. The number of anilines is 1. The first kappa shape index (κ1) is 21.9. The van der Waals surface area contributed by atoms with Gasteiger partial charge in [0.1, 0.15) is 0 Å². The highest BCUT2D eigenvalue weighted by Crippen LogP contribution is 2.28. The van der Waals surface area contributed by atoms with Gasteiger partial charge in [0.2, 0.25) is 0 Å². The molecule has 2 N–H and O–H groups in total. The molecule has 9 nitrogen and oxygen atoms in total. The van der Waals surface area contributed by atoms with Crippen molar-refractivity contribution < 1.29 is 18.0 Å². The molecule has 0 aliphatic heterocycles. The lowest BCUT2D eigenvalue weighted by Gasteiger charge is -2.08. The molecule has 32 heavy (non-hydrogen) atoms. The summed E-state index contributed by atoms with van der Waals surface area (Å²) in [6, 6.07) is 10.3. The first-order chi connectivity index (χ1) is 15.1. The van der Waals surface area contributed by atoms with E-state index in [1.807, 2.05) is 13.0 Å². The minimum absolute atomic E-state index is 0.106. The van der Waals surface area contributed by atoms with Gasteiger partial charge in [-0.25, -0.2) is 22.9 Å². The van der Waals surface area contributed by atoms with Crippen LogP contribution in [0.1, 0.15) is 16.1 Å². The Balaban J connectivity index is 1.50. The maximum atomic E-state index is 12.6. The molecule has 2 aromatic carbocycles. The van der Waals surface area contributed by atoms with E-state index in [9.17, 15) is 18.0 Å². The van der Waals surface area contributed by atoms with Gasteiger partial charge < -0.3 is 0 Å². The number of aromatic nitrogens is 3. The van der Waals surface area contributed by atoms with Crippen molar-refractivity contribution in [1.29, 1.82) is 0 Å². The Bertz CT molecular complexity index is 1480. The Kier molecular flexibility index (Phi) is 5.71. The van der Waals surface area contributed by atoms with Gasteiger partial charge in [-0.2, -0.15) is 5.10 Å². The highest BCUT2D eigenvalue weighted by atomic mass is 35.5. The molecular formula is C20H16ClN5O4S2. The van der Waals surface area contributed by atoms with E-state index in [-0.39, 0.29) is 20.6 Å². The molecule has 164 valence electrons. The molecule has 2 aromatic heterocycles. The van der Waals surface area contributed by atoms with E-state index in [2.05, 4.69) is 20.7 Å². The van der Waals surface area contributed by atoms with Crippen LogP contribution in [0.2, 0.25) is 5.02 Å². The number of hydrogen-bond acceptors (Lipinski definition) is 7. The molecule has 4 aromatic rings. The SMILES string of the molecule is Cc1ccn(-c2ccc(Cl)c(C(=O)NC(=O)Nc3nc4ccc(S(C)(=O)=O)cc4s3)c2)n1. The fourth-order valence-electron chi connectivity index (χ4n) is 2.88. The number of hydrogen-bond donors (Lipinski definition) is 2. The third-order valence-corrected chi connectivity index (χ3v) is 6.79. The normalized spacial score (nSPS) is 11.5. The maximum absolute atomic E-state index is 12.6. The third-order valence-electron chi connectivity index (χ3n) is 4.42. The minimum Gasteiger partial charge on any atom is -0.283 e. The van der Waals surface area contributed by atoms with Crippen LogP contribution in [0.5, 0.6) is 0 Å². The first-order valence-corrected chi connectivity index (χ1v) is 12.2. The number of rotatable bonds is 4. The number of nitrogens with zero attached hydrogens (tertiary/aromatic N) is 3. The Labute approximate surface area is 192 Å². The molecule has 0 bridgehead atoms. The van der Waals surface area contributed by atoms with Crippen LogP contribution in [0.15, 0.2) is 53.6 Å². The van der Waals surface area contributed by atoms with Gasteiger partial charge in [0.05, 0.1) is 37.1 Å². The van der Waals surface area contributed by atoms with Crippen LogP contribution in [-0.4, -0.2) is 41.4 Å². The molecule has 0 spiro atoms. The summed E-state index contributed by atoms with van der Waals surface area (Å²) in [4.78, 5) is 29.3. The van der Waals surface area contributed by atoms with E-state index in [1.54, 1.807) is 29.1 Å². The summed E-state index contributed by atoms with van der Waals surface area (Å²) in [5.41, 5.74) is 2.05. The van der Waals surface area contributed by atoms with Gasteiger partial charge in [0.25, 0.3) is 5.91 Å². The predicted octanol–water partition coefficient (Wildman–Crippen LogP) is 3.81. The smallest absolute Gasteiger partial charge is 0.283 e.